The summed E-state index contributed by atoms with van der Waals surface area (Å²) >= 11 is 1.58. The number of rotatable bonds is 4. The van der Waals surface area contributed by atoms with Crippen LogP contribution in [0.1, 0.15) is 23.7 Å². The normalized spacial score (nSPS) is 16.1. The lowest BCUT2D eigenvalue weighted by Crippen LogP contribution is -2.41. The number of carbonyl (C=O) groups excluding carboxylic acids is 3. The molecule has 2 aromatic carbocycles. The molecule has 1 heterocycles. The van der Waals surface area contributed by atoms with E-state index in [9.17, 15) is 14.4 Å². The number of fused-ring (bicyclic) bond motifs is 1. The van der Waals surface area contributed by atoms with Crippen LogP contribution in [0.15, 0.2) is 53.4 Å². The molecule has 27 heavy (non-hydrogen) atoms. The number of carbonyl (C=O) groups is 3. The van der Waals surface area contributed by atoms with Gasteiger partial charge >= 0.3 is 5.97 Å². The lowest BCUT2D eigenvalue weighted by molar-refractivity contribution is -0.122. The first-order chi connectivity index (χ1) is 13.0. The first-order valence-corrected chi connectivity index (χ1v) is 9.74. The summed E-state index contributed by atoms with van der Waals surface area (Å²) < 4.78 is 5.21. The van der Waals surface area contributed by atoms with E-state index in [4.69, 9.17) is 4.74 Å². The van der Waals surface area contributed by atoms with Gasteiger partial charge in [0.05, 0.1) is 16.9 Å². The predicted molar refractivity (Wildman–Crippen MR) is 105 cm³/mol. The van der Waals surface area contributed by atoms with Crippen LogP contribution in [0.4, 0.5) is 11.4 Å². The zero-order valence-electron chi connectivity index (χ0n) is 15.1. The summed E-state index contributed by atoms with van der Waals surface area (Å²) in [6.45, 7) is 1.40. The van der Waals surface area contributed by atoms with Crippen molar-refractivity contribution in [1.82, 2.24) is 0 Å². The van der Waals surface area contributed by atoms with Crippen LogP contribution in [-0.2, 0) is 14.3 Å². The fourth-order valence-electron chi connectivity index (χ4n) is 2.98. The van der Waals surface area contributed by atoms with Gasteiger partial charge in [0, 0.05) is 17.4 Å². The Hall–Kier alpha value is -2.80. The Bertz CT molecular complexity index is 867. The van der Waals surface area contributed by atoms with E-state index in [-0.39, 0.29) is 24.3 Å². The highest BCUT2D eigenvalue weighted by molar-refractivity contribution is 7.98. The maximum Gasteiger partial charge on any atom is 0.338 e. The summed E-state index contributed by atoms with van der Waals surface area (Å²) in [6.07, 6.45) is 2.12. The van der Waals surface area contributed by atoms with E-state index in [0.29, 0.717) is 16.9 Å². The quantitative estimate of drug-likeness (QED) is 0.646. The van der Waals surface area contributed by atoms with Gasteiger partial charge < -0.3 is 15.0 Å². The fraction of sp³-hybridized carbons (Fsp3) is 0.250. The first kappa shape index (κ1) is 19.0. The van der Waals surface area contributed by atoms with Crippen molar-refractivity contribution < 1.29 is 19.1 Å². The van der Waals surface area contributed by atoms with E-state index in [1.165, 1.54) is 4.90 Å². The highest BCUT2D eigenvalue weighted by Gasteiger charge is 2.30. The Labute approximate surface area is 161 Å². The van der Waals surface area contributed by atoms with E-state index in [0.717, 1.165) is 4.90 Å². The standard InChI is InChI=1S/C20H20N2O4S/c1-13-11-18(23)21-16-5-3-4-6-17(16)22(13)19(24)12-26-20(25)14-7-9-15(27-2)10-8-14/h3-10,13H,11-12H2,1-2H3,(H,21,23)/t13-/m0/s1. The molecule has 1 aliphatic heterocycles. The van der Waals surface area contributed by atoms with Gasteiger partial charge in [-0.05, 0) is 49.6 Å². The monoisotopic (exact) mass is 384 g/mol. The van der Waals surface area contributed by atoms with Gasteiger partial charge in [0.15, 0.2) is 6.61 Å². The molecule has 2 amide bonds. The number of nitrogens with zero attached hydrogens (tertiary/aromatic N) is 1. The van der Waals surface area contributed by atoms with E-state index >= 15 is 0 Å². The minimum atomic E-state index is -0.555. The molecule has 7 heteroatoms. The molecule has 1 atom stereocenters. The SMILES string of the molecule is CSc1ccc(C(=O)OCC(=O)N2c3ccccc3NC(=O)C[C@@H]2C)cc1. The number of nitrogens with one attached hydrogen (secondary N) is 1. The lowest BCUT2D eigenvalue weighted by Gasteiger charge is -2.27. The van der Waals surface area contributed by atoms with Gasteiger partial charge in [-0.15, -0.1) is 11.8 Å². The molecule has 0 aromatic heterocycles. The van der Waals surface area contributed by atoms with Crippen LogP contribution >= 0.6 is 11.8 Å². The molecular formula is C20H20N2O4S. The van der Waals surface area contributed by atoms with Gasteiger partial charge in [0.1, 0.15) is 0 Å². The number of hydrogen-bond donors (Lipinski definition) is 1. The third-order valence-electron chi connectivity index (χ3n) is 4.28. The molecule has 6 nitrogen and oxygen atoms in total. The zero-order valence-corrected chi connectivity index (χ0v) is 15.9. The van der Waals surface area contributed by atoms with Crippen molar-refractivity contribution in [3.05, 3.63) is 54.1 Å². The van der Waals surface area contributed by atoms with Crippen molar-refractivity contribution in [3.63, 3.8) is 0 Å². The largest absolute Gasteiger partial charge is 0.452 e. The first-order valence-electron chi connectivity index (χ1n) is 8.51. The molecule has 2 aromatic rings. The van der Waals surface area contributed by atoms with Gasteiger partial charge in [-0.2, -0.15) is 0 Å². The number of hydrogen-bond acceptors (Lipinski definition) is 5. The maximum atomic E-state index is 12.8. The number of ether oxygens (including phenoxy) is 1. The third kappa shape index (κ3) is 4.31. The van der Waals surface area contributed by atoms with Crippen LogP contribution in [0.5, 0.6) is 0 Å². The predicted octanol–water partition coefficient (Wildman–Crippen LogP) is 3.33. The Morgan fingerprint density at radius 2 is 1.89 bits per heavy atom. The average molecular weight is 384 g/mol. The van der Waals surface area contributed by atoms with Crippen molar-refractivity contribution in [2.24, 2.45) is 0 Å². The second-order valence-corrected chi connectivity index (χ2v) is 7.07. The minimum absolute atomic E-state index is 0.156. The molecule has 1 aliphatic rings. The van der Waals surface area contributed by atoms with Crippen LogP contribution in [0.3, 0.4) is 0 Å². The van der Waals surface area contributed by atoms with Crippen molar-refractivity contribution in [2.75, 3.05) is 23.1 Å². The molecule has 0 unspecified atom stereocenters. The van der Waals surface area contributed by atoms with Crippen LogP contribution in [0.2, 0.25) is 0 Å². The van der Waals surface area contributed by atoms with Gasteiger partial charge in [0.2, 0.25) is 5.91 Å². The van der Waals surface area contributed by atoms with E-state index in [1.807, 2.05) is 18.4 Å². The molecule has 3 rings (SSSR count). The maximum absolute atomic E-state index is 12.8. The summed E-state index contributed by atoms with van der Waals surface area (Å²) in [4.78, 5) is 39.5. The molecule has 0 saturated carbocycles. The summed E-state index contributed by atoms with van der Waals surface area (Å²) in [5.74, 6) is -1.09. The van der Waals surface area contributed by atoms with Crippen LogP contribution < -0.4 is 10.2 Å². The van der Waals surface area contributed by atoms with Gasteiger partial charge in [-0.25, -0.2) is 4.79 Å². The van der Waals surface area contributed by atoms with Crippen LogP contribution in [0, 0.1) is 0 Å². The number of thioether (sulfide) groups is 1. The summed E-state index contributed by atoms with van der Waals surface area (Å²) in [7, 11) is 0. The Balaban J connectivity index is 1.72. The van der Waals surface area contributed by atoms with Crippen molar-refractivity contribution in [1.29, 1.82) is 0 Å². The van der Waals surface area contributed by atoms with Crippen LogP contribution in [0.25, 0.3) is 0 Å². The fourth-order valence-corrected chi connectivity index (χ4v) is 3.38. The van der Waals surface area contributed by atoms with Crippen molar-refractivity contribution in [3.8, 4) is 0 Å². The van der Waals surface area contributed by atoms with Gasteiger partial charge in [-0.3, -0.25) is 9.59 Å². The van der Waals surface area contributed by atoms with E-state index in [2.05, 4.69) is 5.32 Å². The van der Waals surface area contributed by atoms with Crippen molar-refractivity contribution >= 4 is 40.9 Å². The molecule has 0 fully saturated rings. The van der Waals surface area contributed by atoms with E-state index in [1.54, 1.807) is 55.1 Å². The molecule has 0 saturated heterocycles. The summed E-state index contributed by atoms with van der Waals surface area (Å²) in [6, 6.07) is 13.7. The minimum Gasteiger partial charge on any atom is -0.452 e. The van der Waals surface area contributed by atoms with Crippen molar-refractivity contribution in [2.45, 2.75) is 24.3 Å². The molecule has 0 bridgehead atoms. The lowest BCUT2D eigenvalue weighted by atomic mass is 10.1. The van der Waals surface area contributed by atoms with E-state index < -0.39 is 12.6 Å². The molecular weight excluding hydrogens is 364 g/mol. The zero-order chi connectivity index (χ0) is 19.4. The Morgan fingerprint density at radius 3 is 2.59 bits per heavy atom. The average Bonchev–Trinajstić information content (AvgIpc) is 2.80. The van der Waals surface area contributed by atoms with Gasteiger partial charge in [-0.1, -0.05) is 12.1 Å². The Kier molecular flexibility index (Phi) is 5.81. The number of esters is 1. The highest BCUT2D eigenvalue weighted by atomic mass is 32.2. The molecule has 0 spiro atoms. The molecule has 140 valence electrons. The topological polar surface area (TPSA) is 75.7 Å². The highest BCUT2D eigenvalue weighted by Crippen LogP contribution is 2.31. The number of para-hydroxylation sites is 2. The third-order valence-corrected chi connectivity index (χ3v) is 5.02. The second-order valence-electron chi connectivity index (χ2n) is 6.19. The van der Waals surface area contributed by atoms with Crippen LogP contribution in [-0.4, -0.2) is 36.7 Å². The molecule has 0 aliphatic carbocycles. The smallest absolute Gasteiger partial charge is 0.338 e. The molecule has 1 N–H and O–H groups in total. The molecule has 0 radical (unpaired) electrons. The number of amides is 2. The van der Waals surface area contributed by atoms with Gasteiger partial charge in [0.25, 0.3) is 5.91 Å². The second kappa shape index (κ2) is 8.26. The number of anilines is 2. The number of benzene rings is 2. The summed E-state index contributed by atoms with van der Waals surface area (Å²) in [5, 5.41) is 2.80. The Morgan fingerprint density at radius 1 is 1.19 bits per heavy atom. The summed E-state index contributed by atoms with van der Waals surface area (Å²) in [5.41, 5.74) is 1.56.